The number of hydrogen-bond donors (Lipinski definition) is 2. The van der Waals surface area contributed by atoms with Crippen molar-refractivity contribution in [2.75, 3.05) is 18.4 Å². The van der Waals surface area contributed by atoms with Gasteiger partial charge in [0.2, 0.25) is 0 Å². The van der Waals surface area contributed by atoms with Gasteiger partial charge >= 0.3 is 6.09 Å². The molecule has 2 rings (SSSR count). The molecule has 1 aliphatic rings. The average Bonchev–Trinajstić information content (AvgIpc) is 2.41. The smallest absolute Gasteiger partial charge is 0.412 e. The van der Waals surface area contributed by atoms with E-state index in [1.165, 1.54) is 5.56 Å². The molecule has 0 bridgehead atoms. The van der Waals surface area contributed by atoms with Crippen LogP contribution in [0.15, 0.2) is 24.3 Å². The molecule has 0 unspecified atom stereocenters. The molecule has 0 saturated carbocycles. The minimum absolute atomic E-state index is 0.142. The van der Waals surface area contributed by atoms with Crippen LogP contribution in [0, 0.1) is 0 Å². The summed E-state index contributed by atoms with van der Waals surface area (Å²) in [5, 5.41) is 12.2. The van der Waals surface area contributed by atoms with Crippen molar-refractivity contribution in [1.29, 1.82) is 0 Å². The Labute approximate surface area is 132 Å². The first-order valence-electron chi connectivity index (χ1n) is 7.81. The fraction of sp³-hybridized carbons (Fsp3) is 0.588. The molecule has 0 aromatic heterocycles. The summed E-state index contributed by atoms with van der Waals surface area (Å²) in [5.41, 5.74) is 1.43. The fourth-order valence-electron chi connectivity index (χ4n) is 2.45. The first-order valence-corrected chi connectivity index (χ1v) is 7.81. The molecular weight excluding hydrogens is 280 g/mol. The molecule has 5 heteroatoms. The van der Waals surface area contributed by atoms with Gasteiger partial charge in [-0.25, -0.2) is 4.79 Å². The number of carbonyl (C=O) groups is 1. The summed E-state index contributed by atoms with van der Waals surface area (Å²) in [6.07, 6.45) is 1.11. The number of aliphatic hydroxyl groups excluding tert-OH is 1. The predicted octanol–water partition coefficient (Wildman–Crippen LogP) is 2.99. The fourth-order valence-corrected chi connectivity index (χ4v) is 2.45. The summed E-state index contributed by atoms with van der Waals surface area (Å²) >= 11 is 0. The SMILES string of the molecule is CC(C)(C)OC(=O)Nc1ccc(CN2CCC(O)CC2)cc1. The Bertz CT molecular complexity index is 486. The van der Waals surface area contributed by atoms with Crippen LogP contribution in [-0.4, -0.2) is 40.9 Å². The third-order valence-electron chi connectivity index (χ3n) is 3.56. The molecule has 0 atom stereocenters. The van der Waals surface area contributed by atoms with Crippen molar-refractivity contribution in [1.82, 2.24) is 4.90 Å². The van der Waals surface area contributed by atoms with E-state index < -0.39 is 11.7 Å². The summed E-state index contributed by atoms with van der Waals surface area (Å²) in [4.78, 5) is 14.0. The van der Waals surface area contributed by atoms with Gasteiger partial charge < -0.3 is 9.84 Å². The van der Waals surface area contributed by atoms with Crippen molar-refractivity contribution in [3.63, 3.8) is 0 Å². The second-order valence-corrected chi connectivity index (χ2v) is 6.83. The van der Waals surface area contributed by atoms with Gasteiger partial charge in [0, 0.05) is 25.3 Å². The van der Waals surface area contributed by atoms with Crippen LogP contribution in [0.2, 0.25) is 0 Å². The highest BCUT2D eigenvalue weighted by atomic mass is 16.6. The highest BCUT2D eigenvalue weighted by molar-refractivity contribution is 5.84. The first-order chi connectivity index (χ1) is 10.3. The number of anilines is 1. The van der Waals surface area contributed by atoms with E-state index in [-0.39, 0.29) is 6.10 Å². The van der Waals surface area contributed by atoms with Crippen LogP contribution in [0.3, 0.4) is 0 Å². The minimum atomic E-state index is -0.497. The summed E-state index contributed by atoms with van der Waals surface area (Å²) in [5.74, 6) is 0. The van der Waals surface area contributed by atoms with Gasteiger partial charge in [-0.2, -0.15) is 0 Å². The lowest BCUT2D eigenvalue weighted by Crippen LogP contribution is -2.35. The molecule has 2 N–H and O–H groups in total. The zero-order valence-corrected chi connectivity index (χ0v) is 13.6. The molecule has 1 heterocycles. The number of aliphatic hydroxyl groups is 1. The number of likely N-dealkylation sites (tertiary alicyclic amines) is 1. The van der Waals surface area contributed by atoms with E-state index in [4.69, 9.17) is 4.74 Å². The Balaban J connectivity index is 1.84. The molecule has 22 heavy (non-hydrogen) atoms. The first kappa shape index (κ1) is 16.8. The summed E-state index contributed by atoms with van der Waals surface area (Å²) in [7, 11) is 0. The highest BCUT2D eigenvalue weighted by Crippen LogP contribution is 2.16. The Morgan fingerprint density at radius 2 is 1.86 bits per heavy atom. The molecule has 1 aromatic carbocycles. The second kappa shape index (κ2) is 7.11. The Kier molecular flexibility index (Phi) is 5.42. The van der Waals surface area contributed by atoms with Crippen molar-refractivity contribution < 1.29 is 14.6 Å². The van der Waals surface area contributed by atoms with Gasteiger partial charge in [-0.1, -0.05) is 12.1 Å². The molecule has 5 nitrogen and oxygen atoms in total. The Hall–Kier alpha value is -1.59. The molecule has 0 radical (unpaired) electrons. The van der Waals surface area contributed by atoms with Crippen molar-refractivity contribution in [3.05, 3.63) is 29.8 Å². The maximum atomic E-state index is 11.7. The predicted molar refractivity (Wildman–Crippen MR) is 86.8 cm³/mol. The second-order valence-electron chi connectivity index (χ2n) is 6.83. The maximum Gasteiger partial charge on any atom is 0.412 e. The van der Waals surface area contributed by atoms with Crippen LogP contribution in [0.25, 0.3) is 0 Å². The summed E-state index contributed by atoms with van der Waals surface area (Å²) in [6, 6.07) is 7.80. The zero-order chi connectivity index (χ0) is 16.2. The molecule has 122 valence electrons. The number of ether oxygens (including phenoxy) is 1. The van der Waals surface area contributed by atoms with Crippen LogP contribution in [0.1, 0.15) is 39.2 Å². The van der Waals surface area contributed by atoms with E-state index in [0.717, 1.165) is 38.2 Å². The summed E-state index contributed by atoms with van der Waals surface area (Å²) in [6.45, 7) is 8.25. The number of nitrogens with zero attached hydrogens (tertiary/aromatic N) is 1. The molecular formula is C17H26N2O3. The molecule has 0 spiro atoms. The number of benzene rings is 1. The molecule has 0 aliphatic carbocycles. The number of hydrogen-bond acceptors (Lipinski definition) is 4. The lowest BCUT2D eigenvalue weighted by Gasteiger charge is -2.29. The largest absolute Gasteiger partial charge is 0.444 e. The number of nitrogens with one attached hydrogen (secondary N) is 1. The van der Waals surface area contributed by atoms with Gasteiger partial charge in [-0.05, 0) is 51.3 Å². The normalized spacial score (nSPS) is 17.3. The van der Waals surface area contributed by atoms with Gasteiger partial charge in [0.05, 0.1) is 6.10 Å². The van der Waals surface area contributed by atoms with Crippen LogP contribution in [-0.2, 0) is 11.3 Å². The van der Waals surface area contributed by atoms with E-state index in [0.29, 0.717) is 0 Å². The van der Waals surface area contributed by atoms with Crippen LogP contribution in [0.4, 0.5) is 10.5 Å². The number of amides is 1. The molecule has 1 amide bonds. The lowest BCUT2D eigenvalue weighted by atomic mass is 10.1. The van der Waals surface area contributed by atoms with Gasteiger partial charge in [0.15, 0.2) is 0 Å². The third kappa shape index (κ3) is 5.66. The van der Waals surface area contributed by atoms with E-state index in [2.05, 4.69) is 10.2 Å². The standard InChI is InChI=1S/C17H26N2O3/c1-17(2,3)22-16(21)18-14-6-4-13(5-7-14)12-19-10-8-15(20)9-11-19/h4-7,15,20H,8-12H2,1-3H3,(H,18,21). The Morgan fingerprint density at radius 3 is 2.41 bits per heavy atom. The van der Waals surface area contributed by atoms with Crippen LogP contribution < -0.4 is 5.32 Å². The van der Waals surface area contributed by atoms with E-state index >= 15 is 0 Å². The highest BCUT2D eigenvalue weighted by Gasteiger charge is 2.17. The monoisotopic (exact) mass is 306 g/mol. The van der Waals surface area contributed by atoms with Gasteiger partial charge in [0.1, 0.15) is 5.60 Å². The number of rotatable bonds is 3. The lowest BCUT2D eigenvalue weighted by molar-refractivity contribution is 0.0636. The zero-order valence-electron chi connectivity index (χ0n) is 13.6. The van der Waals surface area contributed by atoms with Crippen molar-refractivity contribution in [2.24, 2.45) is 0 Å². The molecule has 1 fully saturated rings. The van der Waals surface area contributed by atoms with Gasteiger partial charge in [-0.15, -0.1) is 0 Å². The van der Waals surface area contributed by atoms with Crippen LogP contribution in [0.5, 0.6) is 0 Å². The number of carbonyl (C=O) groups excluding carboxylic acids is 1. The van der Waals surface area contributed by atoms with E-state index in [9.17, 15) is 9.90 Å². The minimum Gasteiger partial charge on any atom is -0.444 e. The topological polar surface area (TPSA) is 61.8 Å². The van der Waals surface area contributed by atoms with Gasteiger partial charge in [-0.3, -0.25) is 10.2 Å². The number of piperidine rings is 1. The van der Waals surface area contributed by atoms with E-state index in [1.807, 2.05) is 45.0 Å². The van der Waals surface area contributed by atoms with Crippen molar-refractivity contribution in [2.45, 2.75) is 51.9 Å². The van der Waals surface area contributed by atoms with Crippen molar-refractivity contribution >= 4 is 11.8 Å². The average molecular weight is 306 g/mol. The maximum absolute atomic E-state index is 11.7. The summed E-state index contributed by atoms with van der Waals surface area (Å²) < 4.78 is 5.22. The Morgan fingerprint density at radius 1 is 1.27 bits per heavy atom. The molecule has 1 aromatic rings. The van der Waals surface area contributed by atoms with Crippen LogP contribution >= 0.6 is 0 Å². The quantitative estimate of drug-likeness (QED) is 0.901. The van der Waals surface area contributed by atoms with Gasteiger partial charge in [0.25, 0.3) is 0 Å². The third-order valence-corrected chi connectivity index (χ3v) is 3.56. The van der Waals surface area contributed by atoms with Crippen molar-refractivity contribution in [3.8, 4) is 0 Å². The van der Waals surface area contributed by atoms with E-state index in [1.54, 1.807) is 0 Å². The molecule has 1 aliphatic heterocycles. The molecule has 1 saturated heterocycles.